The van der Waals surface area contributed by atoms with Crippen LogP contribution in [0.1, 0.15) is 12.8 Å². The summed E-state index contributed by atoms with van der Waals surface area (Å²) in [6, 6.07) is 0. The Hall–Kier alpha value is 0.270. The minimum Gasteiger partial charge on any atom is -0.392 e. The third-order valence-corrected chi connectivity index (χ3v) is 2.64. The molecule has 0 unspecified atom stereocenters. The van der Waals surface area contributed by atoms with E-state index in [9.17, 15) is 5.11 Å². The topological polar surface area (TPSA) is 32.3 Å². The normalized spacial score (nSPS) is 40.5. The van der Waals surface area contributed by atoms with Gasteiger partial charge in [0, 0.05) is 5.25 Å². The molecule has 2 N–H and O–H groups in total. The van der Waals surface area contributed by atoms with E-state index < -0.39 is 0 Å². The van der Waals surface area contributed by atoms with Crippen LogP contribution in [-0.2, 0) is 0 Å². The molecule has 1 aliphatic carbocycles. The van der Waals surface area contributed by atoms with E-state index in [2.05, 4.69) is 17.9 Å². The number of rotatable bonds is 2. The second kappa shape index (κ2) is 3.60. The molecular weight excluding hydrogens is 146 g/mol. The van der Waals surface area contributed by atoms with Crippen molar-refractivity contribution in [3.05, 3.63) is 0 Å². The van der Waals surface area contributed by atoms with Gasteiger partial charge >= 0.3 is 0 Å². The predicted octanol–water partition coefficient (Wildman–Crippen LogP) is 0.275. The fourth-order valence-electron chi connectivity index (χ4n) is 1.55. The Morgan fingerprint density at radius 3 is 2.70 bits per heavy atom. The zero-order valence-electron chi connectivity index (χ0n) is 6.25. The van der Waals surface area contributed by atoms with Crippen LogP contribution in [0.5, 0.6) is 0 Å². The van der Waals surface area contributed by atoms with Crippen molar-refractivity contribution >= 4 is 12.6 Å². The number of aliphatic hydroxyl groups excluding tert-OH is 1. The van der Waals surface area contributed by atoms with Crippen molar-refractivity contribution < 1.29 is 5.11 Å². The van der Waals surface area contributed by atoms with Crippen molar-refractivity contribution in [3.63, 3.8) is 0 Å². The van der Waals surface area contributed by atoms with Gasteiger partial charge in [0.15, 0.2) is 0 Å². The molecule has 10 heavy (non-hydrogen) atoms. The fraction of sp³-hybridized carbons (Fsp3) is 1.00. The summed E-state index contributed by atoms with van der Waals surface area (Å²) in [5.74, 6) is 0.627. The molecule has 2 nitrogen and oxygen atoms in total. The molecule has 1 aliphatic rings. The Balaban J connectivity index is 2.27. The molecule has 0 spiro atoms. The first-order valence-corrected chi connectivity index (χ1v) is 4.26. The van der Waals surface area contributed by atoms with Crippen LogP contribution < -0.4 is 5.32 Å². The van der Waals surface area contributed by atoms with E-state index in [0.29, 0.717) is 5.92 Å². The van der Waals surface area contributed by atoms with E-state index in [1.54, 1.807) is 0 Å². The third kappa shape index (κ3) is 1.87. The summed E-state index contributed by atoms with van der Waals surface area (Å²) in [5.41, 5.74) is 0. The molecule has 1 saturated carbocycles. The highest BCUT2D eigenvalue weighted by molar-refractivity contribution is 7.81. The Bertz CT molecular complexity index is 99.8. The van der Waals surface area contributed by atoms with Crippen molar-refractivity contribution in [2.75, 3.05) is 13.6 Å². The van der Waals surface area contributed by atoms with Crippen molar-refractivity contribution in [1.29, 1.82) is 0 Å². The van der Waals surface area contributed by atoms with Crippen LogP contribution >= 0.6 is 12.6 Å². The van der Waals surface area contributed by atoms with Gasteiger partial charge in [-0.3, -0.25) is 0 Å². The first-order valence-electron chi connectivity index (χ1n) is 3.74. The summed E-state index contributed by atoms with van der Waals surface area (Å²) < 4.78 is 0. The molecule has 1 fully saturated rings. The molecule has 1 rings (SSSR count). The average Bonchev–Trinajstić information content (AvgIpc) is 2.14. The van der Waals surface area contributed by atoms with Crippen LogP contribution in [0, 0.1) is 5.92 Å². The lowest BCUT2D eigenvalue weighted by molar-refractivity contribution is 0.182. The van der Waals surface area contributed by atoms with Crippen LogP contribution in [0.3, 0.4) is 0 Å². The van der Waals surface area contributed by atoms with Crippen molar-refractivity contribution in [2.45, 2.75) is 24.2 Å². The van der Waals surface area contributed by atoms with Crippen molar-refractivity contribution in [1.82, 2.24) is 5.32 Å². The Morgan fingerprint density at radius 1 is 1.60 bits per heavy atom. The molecule has 60 valence electrons. The maximum absolute atomic E-state index is 9.29. The van der Waals surface area contributed by atoms with E-state index in [1.807, 2.05) is 7.05 Å². The van der Waals surface area contributed by atoms with Gasteiger partial charge in [-0.25, -0.2) is 0 Å². The summed E-state index contributed by atoms with van der Waals surface area (Å²) in [6.07, 6.45) is 1.78. The highest BCUT2D eigenvalue weighted by Gasteiger charge is 2.29. The van der Waals surface area contributed by atoms with Gasteiger partial charge in [0.25, 0.3) is 0 Å². The summed E-state index contributed by atoms with van der Waals surface area (Å²) >= 11 is 4.26. The summed E-state index contributed by atoms with van der Waals surface area (Å²) in [4.78, 5) is 0. The van der Waals surface area contributed by atoms with Crippen molar-refractivity contribution in [2.24, 2.45) is 5.92 Å². The van der Waals surface area contributed by atoms with Gasteiger partial charge in [-0.1, -0.05) is 0 Å². The molecule has 3 atom stereocenters. The van der Waals surface area contributed by atoms with Gasteiger partial charge in [0.2, 0.25) is 0 Å². The minimum absolute atomic E-state index is 0.179. The van der Waals surface area contributed by atoms with E-state index in [4.69, 9.17) is 0 Å². The number of nitrogens with one attached hydrogen (secondary N) is 1. The monoisotopic (exact) mass is 161 g/mol. The van der Waals surface area contributed by atoms with Gasteiger partial charge in [-0.15, -0.1) is 0 Å². The molecule has 0 bridgehead atoms. The van der Waals surface area contributed by atoms with Crippen LogP contribution in [0.15, 0.2) is 0 Å². The Morgan fingerprint density at radius 2 is 2.30 bits per heavy atom. The molecule has 0 aromatic rings. The van der Waals surface area contributed by atoms with Gasteiger partial charge in [0.1, 0.15) is 0 Å². The summed E-state index contributed by atoms with van der Waals surface area (Å²) in [6.45, 7) is 1.01. The predicted molar refractivity (Wildman–Crippen MR) is 45.4 cm³/mol. The number of hydrogen-bond donors (Lipinski definition) is 3. The molecule has 0 heterocycles. The number of thiol groups is 1. The summed E-state index contributed by atoms with van der Waals surface area (Å²) in [7, 11) is 1.94. The summed E-state index contributed by atoms with van der Waals surface area (Å²) in [5, 5.41) is 12.6. The van der Waals surface area contributed by atoms with Gasteiger partial charge in [0.05, 0.1) is 6.10 Å². The lowest BCUT2D eigenvalue weighted by Crippen LogP contribution is -2.16. The minimum atomic E-state index is -0.179. The maximum atomic E-state index is 9.29. The van der Waals surface area contributed by atoms with Gasteiger partial charge in [-0.2, -0.15) is 12.6 Å². The molecule has 0 aromatic heterocycles. The van der Waals surface area contributed by atoms with Gasteiger partial charge < -0.3 is 10.4 Å². The van der Waals surface area contributed by atoms with E-state index in [0.717, 1.165) is 19.4 Å². The zero-order valence-corrected chi connectivity index (χ0v) is 7.14. The first kappa shape index (κ1) is 8.37. The lowest BCUT2D eigenvalue weighted by Gasteiger charge is -2.05. The van der Waals surface area contributed by atoms with Crippen molar-refractivity contribution in [3.8, 4) is 0 Å². The van der Waals surface area contributed by atoms with E-state index in [1.165, 1.54) is 0 Å². The smallest absolute Gasteiger partial charge is 0.0659 e. The largest absolute Gasteiger partial charge is 0.392 e. The highest BCUT2D eigenvalue weighted by Crippen LogP contribution is 2.28. The molecule has 0 saturated heterocycles. The molecular formula is C7H15NOS. The highest BCUT2D eigenvalue weighted by atomic mass is 32.1. The molecule has 0 aliphatic heterocycles. The molecule has 3 heteroatoms. The quantitative estimate of drug-likeness (QED) is 0.508. The second-order valence-electron chi connectivity index (χ2n) is 3.03. The average molecular weight is 161 g/mol. The number of hydrogen-bond acceptors (Lipinski definition) is 3. The Kier molecular flexibility index (Phi) is 3.01. The van der Waals surface area contributed by atoms with Crippen LogP contribution in [0.25, 0.3) is 0 Å². The zero-order chi connectivity index (χ0) is 7.56. The van der Waals surface area contributed by atoms with Crippen LogP contribution in [0.4, 0.5) is 0 Å². The second-order valence-corrected chi connectivity index (χ2v) is 3.69. The van der Waals surface area contributed by atoms with Crippen LogP contribution in [0.2, 0.25) is 0 Å². The molecule has 0 radical (unpaired) electrons. The number of aliphatic hydroxyl groups is 1. The van der Waals surface area contributed by atoms with Crippen LogP contribution in [-0.4, -0.2) is 30.1 Å². The maximum Gasteiger partial charge on any atom is 0.0659 e. The van der Waals surface area contributed by atoms with E-state index in [-0.39, 0.29) is 11.4 Å². The fourth-order valence-corrected chi connectivity index (χ4v) is 1.97. The molecule has 0 aromatic carbocycles. The standard InChI is InChI=1S/C7H15NOS/c1-8-4-5-2-6(9)7(10)3-5/h5-10H,2-4H2,1H3/t5-,6+,7+/m1/s1. The van der Waals surface area contributed by atoms with E-state index >= 15 is 0 Å². The third-order valence-electron chi connectivity index (χ3n) is 2.09. The molecule has 0 amide bonds. The first-order chi connectivity index (χ1) is 4.74. The SMILES string of the molecule is CNC[C@@H]1C[C@H](O)[C@@H](S)C1. The van der Waals surface area contributed by atoms with Gasteiger partial charge in [-0.05, 0) is 32.4 Å². The lowest BCUT2D eigenvalue weighted by atomic mass is 10.1. The Labute approximate surface area is 67.4 Å².